The van der Waals surface area contributed by atoms with Crippen LogP contribution in [0.2, 0.25) is 0 Å². The van der Waals surface area contributed by atoms with Crippen LogP contribution in [0.5, 0.6) is 0 Å². The topological polar surface area (TPSA) is 67.2 Å². The second-order valence-corrected chi connectivity index (χ2v) is 7.71. The fourth-order valence-corrected chi connectivity index (χ4v) is 3.68. The van der Waals surface area contributed by atoms with Gasteiger partial charge in [0.15, 0.2) is 22.6 Å². The average Bonchev–Trinajstić information content (AvgIpc) is 3.23. The highest BCUT2D eigenvalue weighted by atomic mass is 32.2. The predicted octanol–water partition coefficient (Wildman–Crippen LogP) is 4.64. The van der Waals surface area contributed by atoms with Crippen molar-refractivity contribution in [2.24, 2.45) is 0 Å². The smallest absolute Gasteiger partial charge is 0.272 e. The molecule has 2 amide bonds. The number of hydrogen-bond donors (Lipinski definition) is 1. The quantitative estimate of drug-likeness (QED) is 0.290. The molecule has 0 saturated heterocycles. The summed E-state index contributed by atoms with van der Waals surface area (Å²) >= 11 is 1.28. The second-order valence-electron chi connectivity index (χ2n) is 6.94. The van der Waals surface area contributed by atoms with Gasteiger partial charge in [0.1, 0.15) is 18.1 Å². The number of carbonyl (C=O) groups excluding carboxylic acids is 2. The summed E-state index contributed by atoms with van der Waals surface area (Å²) < 4.78 is 55.4. The number of imidazole rings is 1. The lowest BCUT2D eigenvalue weighted by molar-refractivity contribution is -0.116. The maximum atomic E-state index is 13.9. The average molecular weight is 480 g/mol. The highest BCUT2D eigenvalue weighted by molar-refractivity contribution is 7.98. The monoisotopic (exact) mass is 480 g/mol. The highest BCUT2D eigenvalue weighted by Crippen LogP contribution is 2.24. The number of nitrogens with zero attached hydrogens (tertiary/aromatic N) is 3. The molecule has 0 aliphatic rings. The molecule has 3 aromatic rings. The minimum absolute atomic E-state index is 0.145. The third-order valence-electron chi connectivity index (χ3n) is 4.64. The lowest BCUT2D eigenvalue weighted by Crippen LogP contribution is -2.39. The van der Waals surface area contributed by atoms with Gasteiger partial charge in [-0.1, -0.05) is 18.7 Å². The Hall–Kier alpha value is -3.34. The van der Waals surface area contributed by atoms with Gasteiger partial charge in [0.05, 0.1) is 11.9 Å². The molecular weight excluding hydrogens is 460 g/mol. The van der Waals surface area contributed by atoms with Crippen LogP contribution in [0, 0.1) is 23.3 Å². The van der Waals surface area contributed by atoms with Gasteiger partial charge in [0, 0.05) is 12.2 Å². The van der Waals surface area contributed by atoms with Crippen LogP contribution in [-0.2, 0) is 4.79 Å². The zero-order valence-corrected chi connectivity index (χ0v) is 18.6. The van der Waals surface area contributed by atoms with Gasteiger partial charge in [-0.25, -0.2) is 22.5 Å². The first-order valence-corrected chi connectivity index (χ1v) is 11.1. The SMILES string of the molecule is CCCN(CC(=O)Nc1ccc(F)c(F)c1F)C(=O)c1cnc(SC)n1-c1ccc(F)cc1. The molecule has 2 aromatic carbocycles. The summed E-state index contributed by atoms with van der Waals surface area (Å²) in [6.07, 6.45) is 3.63. The third kappa shape index (κ3) is 5.36. The Morgan fingerprint density at radius 3 is 2.39 bits per heavy atom. The van der Waals surface area contributed by atoms with Crippen molar-refractivity contribution in [3.05, 3.63) is 71.6 Å². The van der Waals surface area contributed by atoms with Crippen LogP contribution in [0.15, 0.2) is 47.8 Å². The lowest BCUT2D eigenvalue weighted by Gasteiger charge is -2.22. The summed E-state index contributed by atoms with van der Waals surface area (Å²) in [5, 5.41) is 2.64. The normalized spacial score (nSPS) is 10.8. The van der Waals surface area contributed by atoms with Crippen molar-refractivity contribution in [3.63, 3.8) is 0 Å². The van der Waals surface area contributed by atoms with Crippen molar-refractivity contribution in [1.82, 2.24) is 14.5 Å². The van der Waals surface area contributed by atoms with E-state index in [1.165, 1.54) is 47.1 Å². The summed E-state index contributed by atoms with van der Waals surface area (Å²) in [6, 6.07) is 7.08. The van der Waals surface area contributed by atoms with Crippen LogP contribution in [0.4, 0.5) is 23.2 Å². The molecule has 0 bridgehead atoms. The Labute approximate surface area is 191 Å². The van der Waals surface area contributed by atoms with E-state index in [-0.39, 0.29) is 12.2 Å². The van der Waals surface area contributed by atoms with Crippen LogP contribution in [0.1, 0.15) is 23.8 Å². The lowest BCUT2D eigenvalue weighted by atomic mass is 10.2. The van der Waals surface area contributed by atoms with E-state index < -0.39 is 47.3 Å². The van der Waals surface area contributed by atoms with Crippen LogP contribution in [-0.4, -0.2) is 45.6 Å². The minimum Gasteiger partial charge on any atom is -0.328 e. The molecule has 0 aliphatic heterocycles. The number of thioether (sulfide) groups is 1. The number of benzene rings is 2. The van der Waals surface area contributed by atoms with Crippen molar-refractivity contribution in [2.45, 2.75) is 18.5 Å². The van der Waals surface area contributed by atoms with Gasteiger partial charge in [0.2, 0.25) is 5.91 Å². The Bertz CT molecular complexity index is 1170. The molecular formula is C22H20F4N4O2S. The summed E-state index contributed by atoms with van der Waals surface area (Å²) in [5.41, 5.74) is 0.112. The molecule has 0 aliphatic carbocycles. The van der Waals surface area contributed by atoms with E-state index in [4.69, 9.17) is 0 Å². The highest BCUT2D eigenvalue weighted by Gasteiger charge is 2.25. The summed E-state index contributed by atoms with van der Waals surface area (Å²) in [6.45, 7) is 1.53. The molecule has 174 valence electrons. The molecule has 1 heterocycles. The standard InChI is InChI=1S/C22H20F4N4O2S/c1-3-10-29(12-18(31)28-16-9-8-15(24)19(25)20(16)26)21(32)17-11-27-22(33-2)30(17)14-6-4-13(23)5-7-14/h4-9,11H,3,10,12H2,1-2H3,(H,28,31). The molecule has 0 radical (unpaired) electrons. The predicted molar refractivity (Wildman–Crippen MR) is 116 cm³/mol. The van der Waals surface area contributed by atoms with E-state index in [2.05, 4.69) is 10.3 Å². The van der Waals surface area contributed by atoms with Gasteiger partial charge in [-0.2, -0.15) is 0 Å². The number of aromatic nitrogens is 2. The molecule has 0 atom stereocenters. The van der Waals surface area contributed by atoms with Gasteiger partial charge in [-0.05, 0) is 49.1 Å². The van der Waals surface area contributed by atoms with E-state index in [1.807, 2.05) is 0 Å². The summed E-state index contributed by atoms with van der Waals surface area (Å²) in [4.78, 5) is 31.2. The summed E-state index contributed by atoms with van der Waals surface area (Å²) in [7, 11) is 0. The minimum atomic E-state index is -1.71. The maximum Gasteiger partial charge on any atom is 0.272 e. The van der Waals surface area contributed by atoms with Crippen molar-refractivity contribution in [2.75, 3.05) is 24.7 Å². The van der Waals surface area contributed by atoms with Gasteiger partial charge in [-0.3, -0.25) is 14.2 Å². The first kappa shape index (κ1) is 24.3. The van der Waals surface area contributed by atoms with E-state index in [9.17, 15) is 27.2 Å². The molecule has 0 unspecified atom stereocenters. The zero-order chi connectivity index (χ0) is 24.1. The largest absolute Gasteiger partial charge is 0.328 e. The molecule has 3 rings (SSSR count). The third-order valence-corrected chi connectivity index (χ3v) is 5.29. The van der Waals surface area contributed by atoms with Crippen LogP contribution >= 0.6 is 11.8 Å². The molecule has 33 heavy (non-hydrogen) atoms. The fourth-order valence-electron chi connectivity index (χ4n) is 3.14. The molecule has 1 aromatic heterocycles. The Kier molecular flexibility index (Phi) is 7.75. The van der Waals surface area contributed by atoms with E-state index >= 15 is 0 Å². The number of anilines is 1. The first-order chi connectivity index (χ1) is 15.8. The second kappa shape index (κ2) is 10.5. The van der Waals surface area contributed by atoms with Gasteiger partial charge in [-0.15, -0.1) is 0 Å². The van der Waals surface area contributed by atoms with Gasteiger partial charge >= 0.3 is 0 Å². The fraction of sp³-hybridized carbons (Fsp3) is 0.227. The molecule has 0 saturated carbocycles. The van der Waals surface area contributed by atoms with Gasteiger partial charge in [0.25, 0.3) is 5.91 Å². The Morgan fingerprint density at radius 2 is 1.76 bits per heavy atom. The Morgan fingerprint density at radius 1 is 1.06 bits per heavy atom. The van der Waals surface area contributed by atoms with Crippen LogP contribution < -0.4 is 5.32 Å². The number of carbonyl (C=O) groups is 2. The number of hydrogen-bond acceptors (Lipinski definition) is 4. The van der Waals surface area contributed by atoms with E-state index in [0.717, 1.165) is 6.07 Å². The van der Waals surface area contributed by atoms with Crippen molar-refractivity contribution < 1.29 is 27.2 Å². The van der Waals surface area contributed by atoms with Crippen molar-refractivity contribution in [1.29, 1.82) is 0 Å². The number of rotatable bonds is 8. The molecule has 0 fully saturated rings. The number of nitrogens with one attached hydrogen (secondary N) is 1. The van der Waals surface area contributed by atoms with Crippen LogP contribution in [0.25, 0.3) is 5.69 Å². The van der Waals surface area contributed by atoms with Crippen molar-refractivity contribution in [3.8, 4) is 5.69 Å². The van der Waals surface area contributed by atoms with Crippen molar-refractivity contribution >= 4 is 29.3 Å². The molecule has 11 heteroatoms. The van der Waals surface area contributed by atoms with Gasteiger partial charge < -0.3 is 10.2 Å². The van der Waals surface area contributed by atoms with E-state index in [0.29, 0.717) is 23.3 Å². The molecule has 1 N–H and O–H groups in total. The number of amides is 2. The maximum absolute atomic E-state index is 13.9. The van der Waals surface area contributed by atoms with E-state index in [1.54, 1.807) is 17.7 Å². The number of halogens is 4. The Balaban J connectivity index is 1.86. The zero-order valence-electron chi connectivity index (χ0n) is 17.7. The molecule has 6 nitrogen and oxygen atoms in total. The summed E-state index contributed by atoms with van der Waals surface area (Å²) in [5.74, 6) is -6.38. The van der Waals surface area contributed by atoms with Crippen LogP contribution in [0.3, 0.4) is 0 Å². The first-order valence-electron chi connectivity index (χ1n) is 9.87. The molecule has 0 spiro atoms.